The lowest BCUT2D eigenvalue weighted by Gasteiger charge is -2.36. The van der Waals surface area contributed by atoms with Crippen molar-refractivity contribution in [2.45, 2.75) is 69.6 Å². The topological polar surface area (TPSA) is 60.0 Å². The molecule has 1 saturated carbocycles. The van der Waals surface area contributed by atoms with Crippen LogP contribution in [0.25, 0.3) is 0 Å². The molecule has 4 rings (SSSR count). The molecule has 6 nitrogen and oxygen atoms in total. The van der Waals surface area contributed by atoms with Crippen molar-refractivity contribution in [3.63, 3.8) is 0 Å². The van der Waals surface area contributed by atoms with Gasteiger partial charge in [-0.1, -0.05) is 12.8 Å². The Kier molecular flexibility index (Phi) is 6.93. The second kappa shape index (κ2) is 9.81. The van der Waals surface area contributed by atoms with Gasteiger partial charge in [0.05, 0.1) is 18.8 Å². The first kappa shape index (κ1) is 20.5. The van der Waals surface area contributed by atoms with Crippen LogP contribution in [0.15, 0.2) is 18.2 Å². The first-order valence-electron chi connectivity index (χ1n) is 11.2. The van der Waals surface area contributed by atoms with E-state index in [1.807, 2.05) is 12.1 Å². The third-order valence-corrected chi connectivity index (χ3v) is 6.56. The molecule has 1 amide bonds. The number of methoxy groups -OCH3 is 1. The Morgan fingerprint density at radius 1 is 1.14 bits per heavy atom. The van der Waals surface area contributed by atoms with Crippen molar-refractivity contribution in [3.05, 3.63) is 23.8 Å². The van der Waals surface area contributed by atoms with E-state index in [2.05, 4.69) is 10.2 Å². The van der Waals surface area contributed by atoms with Gasteiger partial charge in [-0.15, -0.1) is 0 Å². The zero-order chi connectivity index (χ0) is 20.1. The van der Waals surface area contributed by atoms with E-state index in [1.165, 1.54) is 25.7 Å². The zero-order valence-electron chi connectivity index (χ0n) is 17.5. The fourth-order valence-corrected chi connectivity index (χ4v) is 4.83. The second-order valence-electron chi connectivity index (χ2n) is 8.50. The lowest BCUT2D eigenvalue weighted by Crippen LogP contribution is -2.43. The number of ether oxygens (including phenoxy) is 3. The van der Waals surface area contributed by atoms with Crippen LogP contribution < -0.4 is 14.8 Å². The van der Waals surface area contributed by atoms with E-state index in [9.17, 15) is 4.79 Å². The van der Waals surface area contributed by atoms with Gasteiger partial charge < -0.3 is 24.4 Å². The van der Waals surface area contributed by atoms with E-state index in [0.717, 1.165) is 51.4 Å². The maximum absolute atomic E-state index is 12.8. The average Bonchev–Trinajstić information content (AvgIpc) is 3.47. The lowest BCUT2D eigenvalue weighted by molar-refractivity contribution is 0.0740. The molecule has 1 atom stereocenters. The van der Waals surface area contributed by atoms with Gasteiger partial charge in [-0.25, -0.2) is 0 Å². The van der Waals surface area contributed by atoms with Crippen molar-refractivity contribution in [2.75, 3.05) is 33.4 Å². The summed E-state index contributed by atoms with van der Waals surface area (Å²) in [6, 6.07) is 6.27. The molecule has 2 heterocycles. The number of likely N-dealkylation sites (tertiary alicyclic amines) is 1. The van der Waals surface area contributed by atoms with Crippen molar-refractivity contribution in [3.8, 4) is 11.5 Å². The minimum absolute atomic E-state index is 0.119. The lowest BCUT2D eigenvalue weighted by atomic mass is 10.0. The number of carbonyl (C=O) groups excluding carboxylic acids is 1. The van der Waals surface area contributed by atoms with E-state index in [4.69, 9.17) is 14.2 Å². The smallest absolute Gasteiger partial charge is 0.255 e. The summed E-state index contributed by atoms with van der Waals surface area (Å²) < 4.78 is 17.3. The van der Waals surface area contributed by atoms with Crippen LogP contribution in [-0.4, -0.2) is 62.4 Å². The second-order valence-corrected chi connectivity index (χ2v) is 8.50. The Hall–Kier alpha value is -1.79. The molecule has 1 unspecified atom stereocenters. The van der Waals surface area contributed by atoms with Crippen LogP contribution >= 0.6 is 0 Å². The van der Waals surface area contributed by atoms with Gasteiger partial charge in [0.2, 0.25) is 0 Å². The third kappa shape index (κ3) is 5.23. The summed E-state index contributed by atoms with van der Waals surface area (Å²) in [6.07, 6.45) is 9.81. The van der Waals surface area contributed by atoms with Crippen LogP contribution in [-0.2, 0) is 4.74 Å². The molecule has 3 fully saturated rings. The van der Waals surface area contributed by atoms with E-state index in [1.54, 1.807) is 13.2 Å². The van der Waals surface area contributed by atoms with Crippen LogP contribution in [0.5, 0.6) is 11.5 Å². The van der Waals surface area contributed by atoms with Crippen LogP contribution in [0.2, 0.25) is 0 Å². The molecule has 3 aliphatic rings. The minimum Gasteiger partial charge on any atom is -0.497 e. The molecule has 2 aliphatic heterocycles. The third-order valence-electron chi connectivity index (χ3n) is 6.56. The molecule has 0 radical (unpaired) electrons. The van der Waals surface area contributed by atoms with Gasteiger partial charge in [-0.3, -0.25) is 4.79 Å². The highest BCUT2D eigenvalue weighted by Crippen LogP contribution is 2.30. The first-order chi connectivity index (χ1) is 14.2. The highest BCUT2D eigenvalue weighted by Gasteiger charge is 2.28. The Morgan fingerprint density at radius 2 is 1.93 bits per heavy atom. The number of piperidine rings is 1. The molecule has 160 valence electrons. The monoisotopic (exact) mass is 402 g/mol. The van der Waals surface area contributed by atoms with Crippen molar-refractivity contribution in [1.82, 2.24) is 10.2 Å². The number of hydrogen-bond acceptors (Lipinski definition) is 5. The molecule has 1 aliphatic carbocycles. The Labute approximate surface area is 173 Å². The summed E-state index contributed by atoms with van der Waals surface area (Å²) in [4.78, 5) is 15.5. The fraction of sp³-hybridized carbons (Fsp3) is 0.696. The minimum atomic E-state index is -0.127. The highest BCUT2D eigenvalue weighted by atomic mass is 16.5. The fourth-order valence-electron chi connectivity index (χ4n) is 4.83. The van der Waals surface area contributed by atoms with Gasteiger partial charge in [0.15, 0.2) is 0 Å². The van der Waals surface area contributed by atoms with Gasteiger partial charge in [0.1, 0.15) is 17.6 Å². The predicted molar refractivity (Wildman–Crippen MR) is 112 cm³/mol. The molecule has 6 heteroatoms. The average molecular weight is 403 g/mol. The number of carbonyl (C=O) groups is 1. The van der Waals surface area contributed by atoms with Crippen molar-refractivity contribution < 1.29 is 19.0 Å². The van der Waals surface area contributed by atoms with E-state index < -0.39 is 0 Å². The molecule has 0 bridgehead atoms. The van der Waals surface area contributed by atoms with Crippen LogP contribution in [0.4, 0.5) is 0 Å². The summed E-state index contributed by atoms with van der Waals surface area (Å²) in [7, 11) is 1.61. The normalized spacial score (nSPS) is 24.0. The molecule has 2 saturated heterocycles. The van der Waals surface area contributed by atoms with Gasteiger partial charge in [0.25, 0.3) is 5.91 Å². The maximum atomic E-state index is 12.8. The molecule has 1 aromatic rings. The van der Waals surface area contributed by atoms with Gasteiger partial charge in [-0.05, 0) is 56.7 Å². The Morgan fingerprint density at radius 3 is 2.62 bits per heavy atom. The summed E-state index contributed by atoms with van der Waals surface area (Å²) in [5, 5.41) is 3.01. The first-order valence-corrected chi connectivity index (χ1v) is 11.2. The van der Waals surface area contributed by atoms with Gasteiger partial charge in [-0.2, -0.15) is 0 Å². The summed E-state index contributed by atoms with van der Waals surface area (Å²) in [5.74, 6) is 1.18. The predicted octanol–water partition coefficient (Wildman–Crippen LogP) is 3.39. The largest absolute Gasteiger partial charge is 0.497 e. The number of rotatable bonds is 7. The molecular formula is C23H34N2O4. The molecule has 1 N–H and O–H groups in total. The number of amides is 1. The van der Waals surface area contributed by atoms with E-state index in [-0.39, 0.29) is 18.1 Å². The maximum Gasteiger partial charge on any atom is 0.255 e. The zero-order valence-corrected chi connectivity index (χ0v) is 17.5. The van der Waals surface area contributed by atoms with Gasteiger partial charge in [0, 0.05) is 32.3 Å². The van der Waals surface area contributed by atoms with Crippen LogP contribution in [0, 0.1) is 0 Å². The van der Waals surface area contributed by atoms with Gasteiger partial charge >= 0.3 is 0 Å². The standard InChI is InChI=1S/C23H34N2O4/c1-27-19-8-9-22(21(15-19)23(26)24-16-20-7-4-14-28-20)29-18-10-12-25(13-11-18)17-5-2-3-6-17/h8-9,15,17-18,20H,2-7,10-14,16H2,1H3,(H,24,26). The Balaban J connectivity index is 1.36. The number of nitrogens with one attached hydrogen (secondary N) is 1. The van der Waals surface area contributed by atoms with Crippen molar-refractivity contribution >= 4 is 5.91 Å². The molecular weight excluding hydrogens is 368 g/mol. The summed E-state index contributed by atoms with van der Waals surface area (Å²) in [5.41, 5.74) is 0.542. The van der Waals surface area contributed by atoms with Crippen molar-refractivity contribution in [2.24, 2.45) is 0 Å². The number of benzene rings is 1. The quantitative estimate of drug-likeness (QED) is 0.758. The number of hydrogen-bond donors (Lipinski definition) is 1. The van der Waals surface area contributed by atoms with Crippen LogP contribution in [0.1, 0.15) is 61.7 Å². The SMILES string of the molecule is COc1ccc(OC2CCN(C3CCCC3)CC2)c(C(=O)NCC2CCCO2)c1. The molecule has 1 aromatic carbocycles. The highest BCUT2D eigenvalue weighted by molar-refractivity contribution is 5.97. The van der Waals surface area contributed by atoms with Crippen LogP contribution in [0.3, 0.4) is 0 Å². The molecule has 29 heavy (non-hydrogen) atoms. The molecule has 0 aromatic heterocycles. The summed E-state index contributed by atoms with van der Waals surface area (Å²) >= 11 is 0. The summed E-state index contributed by atoms with van der Waals surface area (Å²) in [6.45, 7) is 3.50. The van der Waals surface area contributed by atoms with Crippen molar-refractivity contribution in [1.29, 1.82) is 0 Å². The number of nitrogens with zero attached hydrogens (tertiary/aromatic N) is 1. The van der Waals surface area contributed by atoms with E-state index in [0.29, 0.717) is 23.6 Å². The molecule has 0 spiro atoms. The Bertz CT molecular complexity index is 675. The van der Waals surface area contributed by atoms with E-state index >= 15 is 0 Å².